The average Bonchev–Trinajstić information content (AvgIpc) is 2.63. The van der Waals surface area contributed by atoms with E-state index in [0.717, 1.165) is 11.8 Å². The molecule has 1 aromatic heterocycles. The third-order valence-corrected chi connectivity index (χ3v) is 3.13. The van der Waals surface area contributed by atoms with Gasteiger partial charge in [0.2, 0.25) is 0 Å². The predicted molar refractivity (Wildman–Crippen MR) is 68.0 cm³/mol. The lowest BCUT2D eigenvalue weighted by molar-refractivity contribution is -0.136. The first-order valence-corrected chi connectivity index (χ1v) is 6.21. The smallest absolute Gasteiger partial charge is 0.393 e. The van der Waals surface area contributed by atoms with Crippen LogP contribution < -0.4 is 0 Å². The van der Waals surface area contributed by atoms with Crippen LogP contribution in [-0.2, 0) is 19.1 Å². The maximum Gasteiger partial charge on any atom is 0.418 e. The van der Waals surface area contributed by atoms with Gasteiger partial charge in [-0.25, -0.2) is 0 Å². The van der Waals surface area contributed by atoms with Gasteiger partial charge in [-0.15, -0.1) is 0 Å². The lowest BCUT2D eigenvalue weighted by atomic mass is 10.1. The van der Waals surface area contributed by atoms with Gasteiger partial charge in [0.15, 0.2) is 0 Å². The molecule has 2 aromatic rings. The Morgan fingerprint density at radius 2 is 2.00 bits per heavy atom. The number of fused-ring (bicyclic) bond motifs is 1. The van der Waals surface area contributed by atoms with E-state index in [1.807, 2.05) is 0 Å². The second kappa shape index (κ2) is 4.89. The molecule has 19 heavy (non-hydrogen) atoms. The van der Waals surface area contributed by atoms with Crippen molar-refractivity contribution < 1.29 is 18.3 Å². The van der Waals surface area contributed by atoms with Gasteiger partial charge < -0.3 is 9.67 Å². The molecule has 0 bridgehead atoms. The molecular formula is C14H16F3NO. The van der Waals surface area contributed by atoms with Gasteiger partial charge in [-0.1, -0.05) is 12.1 Å². The Morgan fingerprint density at radius 3 is 2.53 bits per heavy atom. The van der Waals surface area contributed by atoms with Crippen LogP contribution in [-0.4, -0.2) is 15.8 Å². The lowest BCUT2D eigenvalue weighted by Crippen LogP contribution is -2.12. The number of aryl methyl sites for hydroxylation is 1. The highest BCUT2D eigenvalue weighted by atomic mass is 19.4. The van der Waals surface area contributed by atoms with Gasteiger partial charge in [0.05, 0.1) is 17.2 Å². The molecule has 1 aromatic carbocycles. The monoisotopic (exact) mass is 271 g/mol. The Kier molecular flexibility index (Phi) is 3.58. The van der Waals surface area contributed by atoms with Crippen LogP contribution in [0.2, 0.25) is 0 Å². The molecule has 1 unspecified atom stereocenters. The number of halogens is 3. The molecule has 0 aliphatic heterocycles. The number of hydrogen-bond acceptors (Lipinski definition) is 1. The van der Waals surface area contributed by atoms with Gasteiger partial charge in [-0.05, 0) is 26.0 Å². The number of rotatable bonds is 3. The highest BCUT2D eigenvalue weighted by Crippen LogP contribution is 2.36. The molecule has 0 spiro atoms. The Balaban J connectivity index is 2.71. The standard InChI is InChI=1S/C14H16F3NO/c1-3-18-11(7-9(2)19)8-10-5-4-6-12(13(10)18)14(15,16)17/h4-6,8-9,19H,3,7H2,1-2H3. The molecule has 0 aliphatic rings. The molecule has 1 N–H and O–H groups in total. The number of alkyl halides is 3. The van der Waals surface area contributed by atoms with Gasteiger partial charge in [-0.2, -0.15) is 13.2 Å². The summed E-state index contributed by atoms with van der Waals surface area (Å²) in [6, 6.07) is 5.90. The summed E-state index contributed by atoms with van der Waals surface area (Å²) in [5, 5.41) is 10.0. The summed E-state index contributed by atoms with van der Waals surface area (Å²) in [7, 11) is 0. The minimum Gasteiger partial charge on any atom is -0.393 e. The largest absolute Gasteiger partial charge is 0.418 e. The zero-order valence-electron chi connectivity index (χ0n) is 10.8. The first-order valence-electron chi connectivity index (χ1n) is 6.21. The number of para-hydroxylation sites is 1. The van der Waals surface area contributed by atoms with Crippen molar-refractivity contribution >= 4 is 10.9 Å². The average molecular weight is 271 g/mol. The summed E-state index contributed by atoms with van der Waals surface area (Å²) in [5.41, 5.74) is 0.307. The summed E-state index contributed by atoms with van der Waals surface area (Å²) in [6.07, 6.45) is -4.60. The SMILES string of the molecule is CCn1c(CC(C)O)cc2cccc(C(F)(F)F)c21. The van der Waals surface area contributed by atoms with E-state index in [9.17, 15) is 18.3 Å². The Morgan fingerprint density at radius 1 is 1.32 bits per heavy atom. The van der Waals surface area contributed by atoms with Gasteiger partial charge in [0, 0.05) is 24.0 Å². The fraction of sp³-hybridized carbons (Fsp3) is 0.429. The molecule has 0 fully saturated rings. The Hall–Kier alpha value is -1.49. The van der Waals surface area contributed by atoms with Crippen molar-refractivity contribution in [2.75, 3.05) is 0 Å². The zero-order valence-corrected chi connectivity index (χ0v) is 10.8. The number of aliphatic hydroxyl groups is 1. The van der Waals surface area contributed by atoms with Crippen molar-refractivity contribution in [2.45, 2.75) is 39.1 Å². The molecule has 5 heteroatoms. The molecular weight excluding hydrogens is 255 g/mol. The van der Waals surface area contributed by atoms with Gasteiger partial charge in [-0.3, -0.25) is 0 Å². The molecule has 2 rings (SSSR count). The van der Waals surface area contributed by atoms with E-state index in [4.69, 9.17) is 0 Å². The molecule has 104 valence electrons. The summed E-state index contributed by atoms with van der Waals surface area (Å²) in [6.45, 7) is 3.87. The van der Waals surface area contributed by atoms with Crippen molar-refractivity contribution in [1.82, 2.24) is 4.57 Å². The summed E-state index contributed by atoms with van der Waals surface area (Å²) < 4.78 is 40.8. The van der Waals surface area contributed by atoms with Crippen LogP contribution in [0, 0.1) is 0 Å². The summed E-state index contributed by atoms with van der Waals surface area (Å²) in [5.74, 6) is 0. The molecule has 0 saturated heterocycles. The van der Waals surface area contributed by atoms with E-state index < -0.39 is 17.8 Å². The van der Waals surface area contributed by atoms with Crippen molar-refractivity contribution in [1.29, 1.82) is 0 Å². The predicted octanol–water partition coefficient (Wildman–Crippen LogP) is 3.60. The van der Waals surface area contributed by atoms with Crippen molar-refractivity contribution in [3.63, 3.8) is 0 Å². The third kappa shape index (κ3) is 2.61. The summed E-state index contributed by atoms with van der Waals surface area (Å²) >= 11 is 0. The maximum absolute atomic E-state index is 13.0. The molecule has 0 radical (unpaired) electrons. The van der Waals surface area contributed by atoms with Crippen LogP contribution >= 0.6 is 0 Å². The van der Waals surface area contributed by atoms with Gasteiger partial charge in [0.25, 0.3) is 0 Å². The van der Waals surface area contributed by atoms with E-state index in [2.05, 4.69) is 0 Å². The molecule has 0 saturated carbocycles. The van der Waals surface area contributed by atoms with Crippen molar-refractivity contribution in [3.8, 4) is 0 Å². The fourth-order valence-electron chi connectivity index (χ4n) is 2.44. The Labute approximate surface area is 109 Å². The van der Waals surface area contributed by atoms with Crippen LogP contribution in [0.4, 0.5) is 13.2 Å². The van der Waals surface area contributed by atoms with Crippen LogP contribution in [0.15, 0.2) is 24.3 Å². The first kappa shape index (κ1) is 13.9. The molecule has 2 nitrogen and oxygen atoms in total. The van der Waals surface area contributed by atoms with E-state index in [1.165, 1.54) is 6.07 Å². The number of benzene rings is 1. The minimum atomic E-state index is -4.37. The van der Waals surface area contributed by atoms with E-state index >= 15 is 0 Å². The molecule has 0 amide bonds. The van der Waals surface area contributed by atoms with Crippen LogP contribution in [0.1, 0.15) is 25.1 Å². The van der Waals surface area contributed by atoms with Crippen molar-refractivity contribution in [2.24, 2.45) is 0 Å². The second-order valence-corrected chi connectivity index (χ2v) is 4.67. The van der Waals surface area contributed by atoms with E-state index in [1.54, 1.807) is 30.5 Å². The normalized spacial score (nSPS) is 14.0. The van der Waals surface area contributed by atoms with Gasteiger partial charge in [0.1, 0.15) is 0 Å². The Bertz CT molecular complexity index is 584. The van der Waals surface area contributed by atoms with E-state index in [0.29, 0.717) is 18.4 Å². The van der Waals surface area contributed by atoms with Gasteiger partial charge >= 0.3 is 6.18 Å². The number of aromatic nitrogens is 1. The number of aliphatic hydroxyl groups excluding tert-OH is 1. The highest BCUT2D eigenvalue weighted by Gasteiger charge is 2.34. The topological polar surface area (TPSA) is 25.2 Å². The maximum atomic E-state index is 13.0. The number of nitrogens with zero attached hydrogens (tertiary/aromatic N) is 1. The first-order chi connectivity index (χ1) is 8.84. The highest BCUT2D eigenvalue weighted by molar-refractivity contribution is 5.85. The molecule has 1 heterocycles. The number of hydrogen-bond donors (Lipinski definition) is 1. The summed E-state index contributed by atoms with van der Waals surface area (Å²) in [4.78, 5) is 0. The second-order valence-electron chi connectivity index (χ2n) is 4.67. The van der Waals surface area contributed by atoms with Crippen LogP contribution in [0.5, 0.6) is 0 Å². The lowest BCUT2D eigenvalue weighted by Gasteiger charge is -2.13. The fourth-order valence-corrected chi connectivity index (χ4v) is 2.44. The van der Waals surface area contributed by atoms with E-state index in [-0.39, 0.29) is 5.52 Å². The van der Waals surface area contributed by atoms with Crippen molar-refractivity contribution in [3.05, 3.63) is 35.5 Å². The van der Waals surface area contributed by atoms with Crippen LogP contribution in [0.3, 0.4) is 0 Å². The molecule has 0 aliphatic carbocycles. The molecule has 1 atom stereocenters. The zero-order chi connectivity index (χ0) is 14.2. The minimum absolute atomic E-state index is 0.202. The third-order valence-electron chi connectivity index (χ3n) is 3.13. The quantitative estimate of drug-likeness (QED) is 0.906. The van der Waals surface area contributed by atoms with Crippen LogP contribution in [0.25, 0.3) is 10.9 Å².